The Labute approximate surface area is 181 Å². The van der Waals surface area contributed by atoms with Gasteiger partial charge in [-0.25, -0.2) is 0 Å². The SMILES string of the molecule is CSc1ccccc1NC(=O)C1CCN(c2ccc(-c3ccccc3C)nn2)CC1. The summed E-state index contributed by atoms with van der Waals surface area (Å²) in [7, 11) is 0. The lowest BCUT2D eigenvalue weighted by molar-refractivity contribution is -0.120. The van der Waals surface area contributed by atoms with Crippen molar-refractivity contribution in [3.05, 3.63) is 66.2 Å². The molecule has 0 saturated carbocycles. The lowest BCUT2D eigenvalue weighted by atomic mass is 9.95. The average molecular weight is 419 g/mol. The molecule has 2 aromatic carbocycles. The molecule has 0 atom stereocenters. The van der Waals surface area contributed by atoms with Crippen LogP contribution < -0.4 is 10.2 Å². The first kappa shape index (κ1) is 20.4. The Morgan fingerprint density at radius 3 is 2.43 bits per heavy atom. The van der Waals surface area contributed by atoms with Gasteiger partial charge in [-0.1, -0.05) is 36.4 Å². The highest BCUT2D eigenvalue weighted by atomic mass is 32.2. The molecular formula is C24H26N4OS. The standard InChI is InChI=1S/C24H26N4OS/c1-17-7-3-4-8-19(17)20-11-12-23(27-26-20)28-15-13-18(14-16-28)24(29)25-21-9-5-6-10-22(21)30-2/h3-12,18H,13-16H2,1-2H3,(H,25,29). The molecule has 1 N–H and O–H groups in total. The second-order valence-electron chi connectivity index (χ2n) is 7.54. The Morgan fingerprint density at radius 2 is 1.73 bits per heavy atom. The summed E-state index contributed by atoms with van der Waals surface area (Å²) in [5.74, 6) is 1.01. The monoisotopic (exact) mass is 418 g/mol. The minimum Gasteiger partial charge on any atom is -0.355 e. The zero-order valence-electron chi connectivity index (χ0n) is 17.3. The number of hydrogen-bond donors (Lipinski definition) is 1. The smallest absolute Gasteiger partial charge is 0.227 e. The van der Waals surface area contributed by atoms with Gasteiger partial charge in [-0.15, -0.1) is 22.0 Å². The van der Waals surface area contributed by atoms with Crippen LogP contribution in [0.5, 0.6) is 0 Å². The van der Waals surface area contributed by atoms with Gasteiger partial charge in [0.15, 0.2) is 5.82 Å². The number of benzene rings is 2. The van der Waals surface area contributed by atoms with Gasteiger partial charge in [0.2, 0.25) is 5.91 Å². The largest absolute Gasteiger partial charge is 0.355 e. The molecule has 0 spiro atoms. The number of carbonyl (C=O) groups excluding carboxylic acids is 1. The molecule has 5 nitrogen and oxygen atoms in total. The lowest BCUT2D eigenvalue weighted by Gasteiger charge is -2.32. The molecule has 154 valence electrons. The summed E-state index contributed by atoms with van der Waals surface area (Å²) in [6, 6.07) is 20.2. The third-order valence-electron chi connectivity index (χ3n) is 5.63. The fourth-order valence-corrected chi connectivity index (χ4v) is 4.40. The summed E-state index contributed by atoms with van der Waals surface area (Å²) in [4.78, 5) is 16.1. The molecule has 0 bridgehead atoms. The van der Waals surface area contributed by atoms with E-state index in [1.165, 1.54) is 5.56 Å². The Morgan fingerprint density at radius 1 is 1.00 bits per heavy atom. The topological polar surface area (TPSA) is 58.1 Å². The van der Waals surface area contributed by atoms with Gasteiger partial charge in [-0.05, 0) is 55.9 Å². The summed E-state index contributed by atoms with van der Waals surface area (Å²) in [5, 5.41) is 12.0. The highest BCUT2D eigenvalue weighted by molar-refractivity contribution is 7.98. The molecule has 0 aliphatic carbocycles. The fraction of sp³-hybridized carbons (Fsp3) is 0.292. The van der Waals surface area contributed by atoms with Crippen LogP contribution in [-0.2, 0) is 4.79 Å². The van der Waals surface area contributed by atoms with Crippen molar-refractivity contribution in [2.75, 3.05) is 29.6 Å². The van der Waals surface area contributed by atoms with E-state index in [0.29, 0.717) is 0 Å². The van der Waals surface area contributed by atoms with Crippen LogP contribution in [0.2, 0.25) is 0 Å². The number of thioether (sulfide) groups is 1. The van der Waals surface area contributed by atoms with E-state index in [4.69, 9.17) is 0 Å². The van der Waals surface area contributed by atoms with E-state index in [1.54, 1.807) is 11.8 Å². The molecule has 1 aliphatic heterocycles. The van der Waals surface area contributed by atoms with Crippen molar-refractivity contribution in [3.63, 3.8) is 0 Å². The van der Waals surface area contributed by atoms with Crippen LogP contribution in [0.25, 0.3) is 11.3 Å². The summed E-state index contributed by atoms with van der Waals surface area (Å²) < 4.78 is 0. The molecule has 3 aromatic rings. The van der Waals surface area contributed by atoms with Gasteiger partial charge in [0, 0.05) is 29.5 Å². The molecule has 2 heterocycles. The van der Waals surface area contributed by atoms with Crippen LogP contribution >= 0.6 is 11.8 Å². The Bertz CT molecular complexity index is 1010. The number of hydrogen-bond acceptors (Lipinski definition) is 5. The maximum Gasteiger partial charge on any atom is 0.227 e. The number of amides is 1. The quantitative estimate of drug-likeness (QED) is 0.589. The first-order valence-electron chi connectivity index (χ1n) is 10.2. The number of aromatic nitrogens is 2. The summed E-state index contributed by atoms with van der Waals surface area (Å²) in [6.45, 7) is 3.69. The van der Waals surface area contributed by atoms with Gasteiger partial charge in [0.1, 0.15) is 0 Å². The first-order chi connectivity index (χ1) is 14.7. The second kappa shape index (κ2) is 9.30. The van der Waals surface area contributed by atoms with Gasteiger partial charge < -0.3 is 10.2 Å². The van der Waals surface area contributed by atoms with Crippen molar-refractivity contribution in [3.8, 4) is 11.3 Å². The number of nitrogens with zero attached hydrogens (tertiary/aromatic N) is 3. The van der Waals surface area contributed by atoms with E-state index < -0.39 is 0 Å². The number of aryl methyl sites for hydroxylation is 1. The fourth-order valence-electron chi connectivity index (χ4n) is 3.85. The number of para-hydroxylation sites is 1. The predicted molar refractivity (Wildman–Crippen MR) is 124 cm³/mol. The summed E-state index contributed by atoms with van der Waals surface area (Å²) in [5.41, 5.74) is 4.08. The zero-order chi connectivity index (χ0) is 20.9. The van der Waals surface area contributed by atoms with E-state index in [0.717, 1.165) is 53.6 Å². The second-order valence-corrected chi connectivity index (χ2v) is 8.39. The molecule has 1 aliphatic rings. The third-order valence-corrected chi connectivity index (χ3v) is 6.42. The van der Waals surface area contributed by atoms with Gasteiger partial charge >= 0.3 is 0 Å². The number of anilines is 2. The van der Waals surface area contributed by atoms with E-state index >= 15 is 0 Å². The maximum absolute atomic E-state index is 12.7. The minimum atomic E-state index is 0.0235. The maximum atomic E-state index is 12.7. The number of rotatable bonds is 5. The molecule has 6 heteroatoms. The third kappa shape index (κ3) is 4.49. The Hall–Kier alpha value is -2.86. The highest BCUT2D eigenvalue weighted by Gasteiger charge is 2.26. The van der Waals surface area contributed by atoms with Crippen LogP contribution in [0.15, 0.2) is 65.6 Å². The average Bonchev–Trinajstić information content (AvgIpc) is 2.80. The molecule has 1 fully saturated rings. The van der Waals surface area contributed by atoms with Crippen molar-refractivity contribution >= 4 is 29.2 Å². The van der Waals surface area contributed by atoms with E-state index in [-0.39, 0.29) is 11.8 Å². The molecule has 1 amide bonds. The van der Waals surface area contributed by atoms with Gasteiger partial charge in [0.05, 0.1) is 11.4 Å². The zero-order valence-corrected chi connectivity index (χ0v) is 18.2. The lowest BCUT2D eigenvalue weighted by Crippen LogP contribution is -2.38. The van der Waals surface area contributed by atoms with Crippen LogP contribution in [0.4, 0.5) is 11.5 Å². The van der Waals surface area contributed by atoms with E-state index in [2.05, 4.69) is 39.5 Å². The molecule has 1 saturated heterocycles. The van der Waals surface area contributed by atoms with Crippen LogP contribution in [-0.4, -0.2) is 35.4 Å². The van der Waals surface area contributed by atoms with Crippen molar-refractivity contribution in [2.45, 2.75) is 24.7 Å². The van der Waals surface area contributed by atoms with Gasteiger partial charge in [0.25, 0.3) is 0 Å². The van der Waals surface area contributed by atoms with E-state index in [9.17, 15) is 4.79 Å². The molecule has 1 aromatic heterocycles. The highest BCUT2D eigenvalue weighted by Crippen LogP contribution is 2.28. The van der Waals surface area contributed by atoms with Crippen molar-refractivity contribution < 1.29 is 4.79 Å². The normalized spacial score (nSPS) is 14.5. The first-order valence-corrected chi connectivity index (χ1v) is 11.5. The minimum absolute atomic E-state index is 0.0235. The van der Waals surface area contributed by atoms with Crippen molar-refractivity contribution in [2.24, 2.45) is 5.92 Å². The molecule has 4 rings (SSSR count). The summed E-state index contributed by atoms with van der Waals surface area (Å²) in [6.07, 6.45) is 3.65. The van der Waals surface area contributed by atoms with Crippen LogP contribution in [0, 0.1) is 12.8 Å². The van der Waals surface area contributed by atoms with Crippen LogP contribution in [0.1, 0.15) is 18.4 Å². The Kier molecular flexibility index (Phi) is 6.33. The Balaban J connectivity index is 1.36. The van der Waals surface area contributed by atoms with Gasteiger partial charge in [-0.3, -0.25) is 4.79 Å². The molecule has 30 heavy (non-hydrogen) atoms. The van der Waals surface area contributed by atoms with Crippen molar-refractivity contribution in [1.29, 1.82) is 0 Å². The van der Waals surface area contributed by atoms with Crippen molar-refractivity contribution in [1.82, 2.24) is 10.2 Å². The summed E-state index contributed by atoms with van der Waals surface area (Å²) >= 11 is 1.64. The molecule has 0 unspecified atom stereocenters. The number of piperidine rings is 1. The van der Waals surface area contributed by atoms with Gasteiger partial charge in [-0.2, -0.15) is 0 Å². The molecular weight excluding hydrogens is 392 g/mol. The van der Waals surface area contributed by atoms with E-state index in [1.807, 2.05) is 54.8 Å². The molecule has 0 radical (unpaired) electrons. The number of nitrogens with one attached hydrogen (secondary N) is 1. The predicted octanol–water partition coefficient (Wildman–Crippen LogP) is 5.03. The van der Waals surface area contributed by atoms with Crippen LogP contribution in [0.3, 0.4) is 0 Å². The number of carbonyl (C=O) groups is 1.